The molecule has 0 atom stereocenters. The van der Waals surface area contributed by atoms with Crippen molar-refractivity contribution < 1.29 is 4.79 Å². The molecule has 4 aromatic heterocycles. The Bertz CT molecular complexity index is 1370. The lowest BCUT2D eigenvalue weighted by atomic mass is 9.91. The second-order valence-corrected chi connectivity index (χ2v) is 9.21. The van der Waals surface area contributed by atoms with Gasteiger partial charge in [-0.2, -0.15) is 9.78 Å². The average Bonchev–Trinajstić information content (AvgIpc) is 3.20. The molecule has 0 spiro atoms. The summed E-state index contributed by atoms with van der Waals surface area (Å²) >= 11 is 0. The predicted molar refractivity (Wildman–Crippen MR) is 137 cm³/mol. The molecular formula is C25H29N9O. The lowest BCUT2D eigenvalue weighted by Gasteiger charge is -2.18. The largest absolute Gasteiger partial charge is 0.373 e. The summed E-state index contributed by atoms with van der Waals surface area (Å²) in [5.74, 6) is 1.78. The van der Waals surface area contributed by atoms with Crippen LogP contribution in [0.15, 0.2) is 49.1 Å². The van der Waals surface area contributed by atoms with Gasteiger partial charge in [0.15, 0.2) is 5.82 Å². The minimum atomic E-state index is -0.226. The zero-order valence-electron chi connectivity index (χ0n) is 20.7. The number of amides is 1. The molecule has 4 rings (SSSR count). The Balaban J connectivity index is 1.59. The van der Waals surface area contributed by atoms with E-state index in [0.29, 0.717) is 28.7 Å². The van der Waals surface area contributed by atoms with E-state index in [9.17, 15) is 4.79 Å². The van der Waals surface area contributed by atoms with Gasteiger partial charge in [0.1, 0.15) is 18.0 Å². The van der Waals surface area contributed by atoms with Gasteiger partial charge in [-0.3, -0.25) is 14.8 Å². The fourth-order valence-corrected chi connectivity index (χ4v) is 3.41. The van der Waals surface area contributed by atoms with Gasteiger partial charge in [0, 0.05) is 42.0 Å². The second-order valence-electron chi connectivity index (χ2n) is 9.21. The number of aromatic nitrogens is 6. The molecule has 0 saturated carbocycles. The number of hydrogen-bond donors (Lipinski definition) is 3. The minimum Gasteiger partial charge on any atom is -0.373 e. The van der Waals surface area contributed by atoms with Gasteiger partial charge in [0.05, 0.1) is 29.0 Å². The van der Waals surface area contributed by atoms with Crippen molar-refractivity contribution in [3.8, 4) is 5.82 Å². The van der Waals surface area contributed by atoms with E-state index in [1.165, 1.54) is 6.33 Å². The van der Waals surface area contributed by atoms with Crippen LogP contribution in [-0.4, -0.2) is 42.7 Å². The maximum Gasteiger partial charge on any atom is 0.255 e. The monoisotopic (exact) mass is 471 g/mol. The van der Waals surface area contributed by atoms with E-state index in [4.69, 9.17) is 0 Å². The first-order valence-electron chi connectivity index (χ1n) is 11.2. The molecule has 1 amide bonds. The molecule has 0 saturated heterocycles. The van der Waals surface area contributed by atoms with E-state index >= 15 is 0 Å². The number of carbonyl (C=O) groups excluding carboxylic acids is 1. The van der Waals surface area contributed by atoms with Crippen LogP contribution in [0.3, 0.4) is 0 Å². The molecule has 10 nitrogen and oxygen atoms in total. The van der Waals surface area contributed by atoms with Gasteiger partial charge in [0.25, 0.3) is 5.91 Å². The van der Waals surface area contributed by atoms with Crippen molar-refractivity contribution in [2.75, 3.05) is 23.0 Å². The number of aryl methyl sites for hydroxylation is 2. The van der Waals surface area contributed by atoms with Crippen molar-refractivity contribution in [1.29, 1.82) is 0 Å². The van der Waals surface area contributed by atoms with Crippen molar-refractivity contribution in [3.63, 3.8) is 0 Å². The molecule has 0 aliphatic carbocycles. The summed E-state index contributed by atoms with van der Waals surface area (Å²) in [5, 5.41) is 13.9. The first-order chi connectivity index (χ1) is 16.6. The van der Waals surface area contributed by atoms with Crippen LogP contribution < -0.4 is 16.0 Å². The summed E-state index contributed by atoms with van der Waals surface area (Å²) in [6, 6.07) is 9.08. The molecule has 3 N–H and O–H groups in total. The van der Waals surface area contributed by atoms with Crippen LogP contribution in [0.25, 0.3) is 5.82 Å². The molecular weight excluding hydrogens is 442 g/mol. The number of pyridine rings is 2. The first-order valence-corrected chi connectivity index (χ1v) is 11.2. The van der Waals surface area contributed by atoms with Crippen molar-refractivity contribution in [2.45, 2.75) is 40.0 Å². The Morgan fingerprint density at radius 2 is 1.80 bits per heavy atom. The summed E-state index contributed by atoms with van der Waals surface area (Å²) in [7, 11) is 1.80. The van der Waals surface area contributed by atoms with Crippen LogP contribution in [-0.2, 0) is 5.41 Å². The van der Waals surface area contributed by atoms with E-state index < -0.39 is 0 Å². The third-order valence-corrected chi connectivity index (χ3v) is 5.36. The van der Waals surface area contributed by atoms with Gasteiger partial charge in [-0.05, 0) is 32.0 Å². The Labute approximate surface area is 204 Å². The van der Waals surface area contributed by atoms with Gasteiger partial charge < -0.3 is 16.0 Å². The Hall–Kier alpha value is -4.34. The number of anilines is 4. The van der Waals surface area contributed by atoms with Gasteiger partial charge in [0.2, 0.25) is 0 Å². The summed E-state index contributed by atoms with van der Waals surface area (Å²) < 4.78 is 1.70. The van der Waals surface area contributed by atoms with Gasteiger partial charge >= 0.3 is 0 Å². The highest BCUT2D eigenvalue weighted by molar-refractivity contribution is 6.04. The third-order valence-electron chi connectivity index (χ3n) is 5.36. The maximum atomic E-state index is 12.9. The smallest absolute Gasteiger partial charge is 0.255 e. The highest BCUT2D eigenvalue weighted by Gasteiger charge is 2.18. The second kappa shape index (κ2) is 9.49. The lowest BCUT2D eigenvalue weighted by molar-refractivity contribution is 0.102. The van der Waals surface area contributed by atoms with E-state index in [-0.39, 0.29) is 11.3 Å². The zero-order chi connectivity index (χ0) is 25.2. The fourth-order valence-electron chi connectivity index (χ4n) is 3.41. The number of nitrogens with zero attached hydrogens (tertiary/aromatic N) is 6. The first kappa shape index (κ1) is 23.8. The minimum absolute atomic E-state index is 0.155. The summed E-state index contributed by atoms with van der Waals surface area (Å²) in [6.45, 7) is 9.99. The van der Waals surface area contributed by atoms with E-state index in [0.717, 1.165) is 22.8 Å². The molecule has 0 unspecified atom stereocenters. The molecule has 4 heterocycles. The van der Waals surface area contributed by atoms with Gasteiger partial charge in [-0.15, -0.1) is 0 Å². The number of carbonyl (C=O) groups is 1. The summed E-state index contributed by atoms with van der Waals surface area (Å²) in [4.78, 5) is 30.3. The van der Waals surface area contributed by atoms with Crippen molar-refractivity contribution in [1.82, 2.24) is 29.7 Å². The van der Waals surface area contributed by atoms with E-state index in [1.54, 1.807) is 36.3 Å². The lowest BCUT2D eigenvalue weighted by Crippen LogP contribution is -2.17. The van der Waals surface area contributed by atoms with E-state index in [1.807, 2.05) is 32.0 Å². The molecule has 0 radical (unpaired) electrons. The zero-order valence-corrected chi connectivity index (χ0v) is 20.7. The molecule has 0 aliphatic heterocycles. The van der Waals surface area contributed by atoms with E-state index in [2.05, 4.69) is 61.8 Å². The van der Waals surface area contributed by atoms with Gasteiger partial charge in [-0.25, -0.2) is 9.97 Å². The van der Waals surface area contributed by atoms with Crippen molar-refractivity contribution >= 4 is 28.9 Å². The number of nitrogens with one attached hydrogen (secondary N) is 3. The molecule has 35 heavy (non-hydrogen) atoms. The Kier molecular flexibility index (Phi) is 6.46. The molecule has 0 aromatic carbocycles. The molecule has 4 aromatic rings. The maximum absolute atomic E-state index is 12.9. The summed E-state index contributed by atoms with van der Waals surface area (Å²) in [6.07, 6.45) is 4.78. The molecule has 10 heteroatoms. The summed E-state index contributed by atoms with van der Waals surface area (Å²) in [5.41, 5.74) is 4.13. The molecule has 0 aliphatic rings. The Morgan fingerprint density at radius 3 is 2.54 bits per heavy atom. The normalized spacial score (nSPS) is 11.3. The van der Waals surface area contributed by atoms with Crippen LogP contribution >= 0.6 is 0 Å². The Morgan fingerprint density at radius 1 is 1.00 bits per heavy atom. The van der Waals surface area contributed by atoms with Crippen LogP contribution in [0.1, 0.15) is 48.2 Å². The standard InChI is InChI=1S/C25H29N9O/c1-15-9-23(34(33-15)22-12-21(26-6)29-14-30-22)32-19-11-18(13-28-16(19)2)31-24(35)17-7-8-27-20(10-17)25(3,4)5/h7-14,32H,1-6H3,(H,31,35)(H,26,29,30). The van der Waals surface area contributed by atoms with Crippen LogP contribution in [0.2, 0.25) is 0 Å². The quantitative estimate of drug-likeness (QED) is 0.378. The fraction of sp³-hybridized carbons (Fsp3) is 0.280. The van der Waals surface area contributed by atoms with Gasteiger partial charge in [-0.1, -0.05) is 20.8 Å². The highest BCUT2D eigenvalue weighted by Crippen LogP contribution is 2.26. The highest BCUT2D eigenvalue weighted by atomic mass is 16.1. The predicted octanol–water partition coefficient (Wildman–Crippen LogP) is 4.40. The molecule has 180 valence electrons. The number of rotatable bonds is 6. The number of hydrogen-bond acceptors (Lipinski definition) is 8. The topological polar surface area (TPSA) is 123 Å². The van der Waals surface area contributed by atoms with Crippen LogP contribution in [0.5, 0.6) is 0 Å². The third kappa shape index (κ3) is 5.43. The van der Waals surface area contributed by atoms with Crippen LogP contribution in [0, 0.1) is 13.8 Å². The molecule has 0 bridgehead atoms. The molecule has 0 fully saturated rings. The van der Waals surface area contributed by atoms with Crippen LogP contribution in [0.4, 0.5) is 23.0 Å². The average molecular weight is 472 g/mol. The van der Waals surface area contributed by atoms with Crippen molar-refractivity contribution in [3.05, 3.63) is 71.7 Å². The van der Waals surface area contributed by atoms with Crippen molar-refractivity contribution in [2.24, 2.45) is 0 Å². The SMILES string of the molecule is CNc1cc(-n2nc(C)cc2Nc2cc(NC(=O)c3ccnc(C(C)(C)C)c3)cnc2C)ncn1.